The maximum atomic E-state index is 5.94. The van der Waals surface area contributed by atoms with Gasteiger partial charge >= 0.3 is 0 Å². The van der Waals surface area contributed by atoms with Gasteiger partial charge in [0.15, 0.2) is 0 Å². The Balaban J connectivity index is 1.94. The Kier molecular flexibility index (Phi) is 7.03. The fourth-order valence-corrected chi connectivity index (χ4v) is 2.18. The number of nitrogens with one attached hydrogen (secondary N) is 1. The summed E-state index contributed by atoms with van der Waals surface area (Å²) in [6, 6.07) is 0. The van der Waals surface area contributed by atoms with Gasteiger partial charge in [-0.25, -0.2) is 0 Å². The van der Waals surface area contributed by atoms with E-state index in [9.17, 15) is 0 Å². The summed E-state index contributed by atoms with van der Waals surface area (Å²) >= 11 is 0. The lowest BCUT2D eigenvalue weighted by Gasteiger charge is -2.29. The Bertz CT molecular complexity index is 149. The zero-order chi connectivity index (χ0) is 10.9. The van der Waals surface area contributed by atoms with Crippen LogP contribution in [0.25, 0.3) is 0 Å². The Morgan fingerprint density at radius 2 is 2.00 bits per heavy atom. The molecule has 2 nitrogen and oxygen atoms in total. The van der Waals surface area contributed by atoms with Gasteiger partial charge in [-0.3, -0.25) is 0 Å². The van der Waals surface area contributed by atoms with Crippen molar-refractivity contribution in [2.45, 2.75) is 58.5 Å². The van der Waals surface area contributed by atoms with Crippen molar-refractivity contribution in [1.82, 2.24) is 5.32 Å². The van der Waals surface area contributed by atoms with E-state index in [4.69, 9.17) is 4.74 Å². The highest BCUT2D eigenvalue weighted by atomic mass is 16.5. The molecular formula is C13H27NO. The molecule has 15 heavy (non-hydrogen) atoms. The van der Waals surface area contributed by atoms with Crippen molar-refractivity contribution >= 4 is 0 Å². The third kappa shape index (κ3) is 5.53. The zero-order valence-corrected chi connectivity index (χ0v) is 10.4. The zero-order valence-electron chi connectivity index (χ0n) is 10.4. The molecule has 90 valence electrons. The van der Waals surface area contributed by atoms with Crippen LogP contribution in [0.4, 0.5) is 0 Å². The molecule has 0 aliphatic carbocycles. The molecule has 1 aliphatic rings. The lowest BCUT2D eigenvalue weighted by atomic mass is 9.98. The third-order valence-electron chi connectivity index (χ3n) is 3.29. The van der Waals surface area contributed by atoms with Crippen LogP contribution < -0.4 is 5.32 Å². The van der Waals surface area contributed by atoms with E-state index in [0.29, 0.717) is 12.0 Å². The minimum absolute atomic E-state index is 0.512. The van der Waals surface area contributed by atoms with E-state index in [2.05, 4.69) is 19.2 Å². The number of rotatable bonds is 7. The van der Waals surface area contributed by atoms with E-state index in [1.54, 1.807) is 0 Å². The second kappa shape index (κ2) is 8.12. The molecule has 2 unspecified atom stereocenters. The van der Waals surface area contributed by atoms with Gasteiger partial charge in [0.2, 0.25) is 0 Å². The van der Waals surface area contributed by atoms with Crippen LogP contribution in [0.1, 0.15) is 52.4 Å². The van der Waals surface area contributed by atoms with Crippen LogP contribution in [-0.2, 0) is 4.74 Å². The highest BCUT2D eigenvalue weighted by Crippen LogP contribution is 2.15. The number of hydrogen-bond donors (Lipinski definition) is 1. The number of piperidine rings is 1. The summed E-state index contributed by atoms with van der Waals surface area (Å²) in [5.41, 5.74) is 0. The molecule has 0 radical (unpaired) electrons. The van der Waals surface area contributed by atoms with Crippen LogP contribution in [-0.4, -0.2) is 25.8 Å². The van der Waals surface area contributed by atoms with Crippen LogP contribution >= 0.6 is 0 Å². The van der Waals surface area contributed by atoms with Crippen LogP contribution in [0, 0.1) is 5.92 Å². The Morgan fingerprint density at radius 3 is 2.73 bits per heavy atom. The van der Waals surface area contributed by atoms with Gasteiger partial charge in [0.25, 0.3) is 0 Å². The quantitative estimate of drug-likeness (QED) is 0.656. The molecular weight excluding hydrogens is 186 g/mol. The molecule has 0 saturated carbocycles. The normalized spacial score (nSPS) is 26.8. The predicted molar refractivity (Wildman–Crippen MR) is 65.1 cm³/mol. The van der Waals surface area contributed by atoms with Crippen LogP contribution in [0.3, 0.4) is 0 Å². The molecule has 2 heteroatoms. The van der Waals surface area contributed by atoms with E-state index in [1.165, 1.54) is 38.5 Å². The monoisotopic (exact) mass is 213 g/mol. The van der Waals surface area contributed by atoms with Crippen molar-refractivity contribution in [2.75, 3.05) is 19.7 Å². The number of ether oxygens (including phenoxy) is 1. The number of hydrogen-bond acceptors (Lipinski definition) is 2. The van der Waals surface area contributed by atoms with Crippen molar-refractivity contribution in [3.63, 3.8) is 0 Å². The Hall–Kier alpha value is -0.0800. The summed E-state index contributed by atoms with van der Waals surface area (Å²) in [7, 11) is 0. The first-order chi connectivity index (χ1) is 7.34. The minimum Gasteiger partial charge on any atom is -0.378 e. The van der Waals surface area contributed by atoms with E-state index >= 15 is 0 Å². The van der Waals surface area contributed by atoms with Crippen LogP contribution in [0.2, 0.25) is 0 Å². The second-order valence-electron chi connectivity index (χ2n) is 4.79. The van der Waals surface area contributed by atoms with E-state index in [0.717, 1.165) is 19.7 Å². The first-order valence-electron chi connectivity index (χ1n) is 6.67. The average molecular weight is 213 g/mol. The lowest BCUT2D eigenvalue weighted by Crippen LogP contribution is -2.39. The van der Waals surface area contributed by atoms with Gasteiger partial charge in [-0.2, -0.15) is 0 Å². The first-order valence-corrected chi connectivity index (χ1v) is 6.67. The minimum atomic E-state index is 0.512. The molecule has 0 aromatic carbocycles. The van der Waals surface area contributed by atoms with E-state index in [-0.39, 0.29) is 0 Å². The maximum Gasteiger partial charge on any atom is 0.0624 e. The topological polar surface area (TPSA) is 21.3 Å². The highest BCUT2D eigenvalue weighted by Gasteiger charge is 2.20. The molecule has 1 aliphatic heterocycles. The van der Waals surface area contributed by atoms with Gasteiger partial charge in [-0.05, 0) is 25.3 Å². The molecule has 2 atom stereocenters. The largest absolute Gasteiger partial charge is 0.378 e. The fourth-order valence-electron chi connectivity index (χ4n) is 2.18. The summed E-state index contributed by atoms with van der Waals surface area (Å²) in [5.74, 6) is 0.689. The van der Waals surface area contributed by atoms with Gasteiger partial charge in [-0.1, -0.05) is 39.5 Å². The summed E-state index contributed by atoms with van der Waals surface area (Å²) in [6.45, 7) is 7.77. The maximum absolute atomic E-state index is 5.94. The molecule has 0 aromatic rings. The molecule has 1 N–H and O–H groups in total. The smallest absolute Gasteiger partial charge is 0.0624 e. The molecule has 1 saturated heterocycles. The van der Waals surface area contributed by atoms with Crippen molar-refractivity contribution in [1.29, 1.82) is 0 Å². The average Bonchev–Trinajstić information content (AvgIpc) is 2.25. The molecule has 1 heterocycles. The molecule has 0 bridgehead atoms. The van der Waals surface area contributed by atoms with Crippen LogP contribution in [0.15, 0.2) is 0 Å². The van der Waals surface area contributed by atoms with Crippen molar-refractivity contribution in [3.05, 3.63) is 0 Å². The summed E-state index contributed by atoms with van der Waals surface area (Å²) in [6.07, 6.45) is 8.37. The van der Waals surface area contributed by atoms with Gasteiger partial charge in [0.1, 0.15) is 0 Å². The predicted octanol–water partition coefficient (Wildman–Crippen LogP) is 2.97. The van der Waals surface area contributed by atoms with Gasteiger partial charge in [-0.15, -0.1) is 0 Å². The summed E-state index contributed by atoms with van der Waals surface area (Å²) in [5, 5.41) is 3.40. The van der Waals surface area contributed by atoms with Crippen molar-refractivity contribution < 1.29 is 4.74 Å². The summed E-state index contributed by atoms with van der Waals surface area (Å²) < 4.78 is 5.94. The van der Waals surface area contributed by atoms with Gasteiger partial charge < -0.3 is 10.1 Å². The van der Waals surface area contributed by atoms with Gasteiger partial charge in [0.05, 0.1) is 6.10 Å². The van der Waals surface area contributed by atoms with E-state index < -0.39 is 0 Å². The van der Waals surface area contributed by atoms with Crippen molar-refractivity contribution in [2.24, 2.45) is 5.92 Å². The molecule has 0 amide bonds. The van der Waals surface area contributed by atoms with E-state index in [1.807, 2.05) is 0 Å². The molecule has 1 rings (SSSR count). The Labute approximate surface area is 94.8 Å². The van der Waals surface area contributed by atoms with Gasteiger partial charge in [0, 0.05) is 13.2 Å². The number of unbranched alkanes of at least 4 members (excludes halogenated alkanes) is 4. The highest BCUT2D eigenvalue weighted by molar-refractivity contribution is 4.75. The molecule has 0 aromatic heterocycles. The van der Waals surface area contributed by atoms with Crippen molar-refractivity contribution in [3.8, 4) is 0 Å². The first kappa shape index (κ1) is 13.0. The van der Waals surface area contributed by atoms with Crippen LogP contribution in [0.5, 0.6) is 0 Å². The standard InChI is InChI=1S/C13H27NO/c1-3-4-5-6-7-10-15-13-8-9-14-11-12(13)2/h12-14H,3-11H2,1-2H3. The second-order valence-corrected chi connectivity index (χ2v) is 4.79. The fraction of sp³-hybridized carbons (Fsp3) is 1.00. The third-order valence-corrected chi connectivity index (χ3v) is 3.29. The SMILES string of the molecule is CCCCCCCOC1CCNCC1C. The lowest BCUT2D eigenvalue weighted by molar-refractivity contribution is -0.000782. The summed E-state index contributed by atoms with van der Waals surface area (Å²) in [4.78, 5) is 0. The molecule has 1 fully saturated rings. The Morgan fingerprint density at radius 1 is 1.20 bits per heavy atom. The molecule has 0 spiro atoms.